The van der Waals surface area contributed by atoms with E-state index < -0.39 is 6.04 Å². The van der Waals surface area contributed by atoms with Crippen molar-refractivity contribution in [2.75, 3.05) is 27.3 Å². The van der Waals surface area contributed by atoms with Gasteiger partial charge in [0.2, 0.25) is 0 Å². The van der Waals surface area contributed by atoms with E-state index in [1.54, 1.807) is 35.8 Å². The molecule has 4 aromatic carbocycles. The highest BCUT2D eigenvalue weighted by Gasteiger charge is 2.36. The molecule has 12 heteroatoms. The molecule has 0 radical (unpaired) electrons. The summed E-state index contributed by atoms with van der Waals surface area (Å²) in [7, 11) is 3.17. The van der Waals surface area contributed by atoms with Crippen LogP contribution in [-0.4, -0.2) is 42.7 Å². The number of nitrogens with zero attached hydrogens (tertiary/aromatic N) is 3. The van der Waals surface area contributed by atoms with Crippen molar-refractivity contribution >= 4 is 79.9 Å². The molecule has 0 saturated carbocycles. The number of aromatic nitrogens is 1. The number of fused-ring (bicyclic) bond motifs is 2. The first-order valence-corrected chi connectivity index (χ1v) is 18.6. The van der Waals surface area contributed by atoms with Crippen LogP contribution >= 0.6 is 57.1 Å². The number of rotatable bonds is 10. The van der Waals surface area contributed by atoms with Gasteiger partial charge >= 0.3 is 0 Å². The van der Waals surface area contributed by atoms with Crippen LogP contribution in [0, 0.1) is 3.57 Å². The second-order valence-corrected chi connectivity index (χ2v) is 14.5. The molecule has 258 valence electrons. The van der Waals surface area contributed by atoms with Gasteiger partial charge < -0.3 is 19.1 Å². The number of halogens is 3. The van der Waals surface area contributed by atoms with Gasteiger partial charge in [0.15, 0.2) is 16.3 Å². The minimum Gasteiger partial charge on any atom is -0.496 e. The Kier molecular flexibility index (Phi) is 10.9. The molecular formula is C38H34Cl2IN3O5S. The summed E-state index contributed by atoms with van der Waals surface area (Å²) in [5.74, 6) is 1.47. The van der Waals surface area contributed by atoms with Crippen molar-refractivity contribution in [3.63, 3.8) is 0 Å². The Morgan fingerprint density at radius 2 is 1.76 bits per heavy atom. The third-order valence-corrected chi connectivity index (χ3v) is 11.0. The number of methoxy groups -OCH3 is 2. The predicted molar refractivity (Wildman–Crippen MR) is 209 cm³/mol. The lowest BCUT2D eigenvalue weighted by Gasteiger charge is -2.30. The quantitative estimate of drug-likeness (QED) is 0.134. The molecular weight excluding hydrogens is 808 g/mol. The number of allylic oxidation sites excluding steroid dienone is 1. The number of benzene rings is 4. The molecule has 1 amide bonds. The monoisotopic (exact) mass is 841 g/mol. The average molecular weight is 843 g/mol. The molecule has 1 atom stereocenters. The normalized spacial score (nSPS) is 14.4. The first-order valence-electron chi connectivity index (χ1n) is 15.9. The van der Waals surface area contributed by atoms with Gasteiger partial charge in [-0.15, -0.1) is 0 Å². The highest BCUT2D eigenvalue weighted by atomic mass is 127. The van der Waals surface area contributed by atoms with E-state index in [0.717, 1.165) is 31.0 Å². The van der Waals surface area contributed by atoms with Gasteiger partial charge in [-0.05, 0) is 96.1 Å². The van der Waals surface area contributed by atoms with Crippen molar-refractivity contribution < 1.29 is 19.0 Å². The summed E-state index contributed by atoms with van der Waals surface area (Å²) in [5, 5.41) is 2.91. The first kappa shape index (κ1) is 36.0. The molecule has 1 aliphatic rings. The zero-order valence-corrected chi connectivity index (χ0v) is 32.5. The molecule has 0 N–H and O–H groups in total. The van der Waals surface area contributed by atoms with Gasteiger partial charge in [0, 0.05) is 34.3 Å². The van der Waals surface area contributed by atoms with Crippen LogP contribution in [0.3, 0.4) is 0 Å². The number of thiazole rings is 1. The smallest absolute Gasteiger partial charge is 0.271 e. The van der Waals surface area contributed by atoms with Crippen LogP contribution < -0.4 is 29.1 Å². The zero-order valence-electron chi connectivity index (χ0n) is 28.1. The molecule has 0 unspecified atom stereocenters. The fourth-order valence-electron chi connectivity index (χ4n) is 6.19. The molecule has 0 bridgehead atoms. The Hall–Kier alpha value is -3.84. The van der Waals surface area contributed by atoms with Gasteiger partial charge in [0.1, 0.15) is 18.4 Å². The fourth-order valence-corrected chi connectivity index (χ4v) is 8.48. The Bertz CT molecular complexity index is 2350. The van der Waals surface area contributed by atoms with Crippen LogP contribution in [0.2, 0.25) is 10.0 Å². The minimum absolute atomic E-state index is 0.166. The number of hydrogen-bond acceptors (Lipinski definition) is 7. The minimum atomic E-state index is -0.771. The third kappa shape index (κ3) is 6.78. The van der Waals surface area contributed by atoms with Gasteiger partial charge in [-0.25, -0.2) is 4.99 Å². The number of ether oxygens (including phenoxy) is 3. The largest absolute Gasteiger partial charge is 0.496 e. The summed E-state index contributed by atoms with van der Waals surface area (Å²) in [6.45, 7) is 6.97. The lowest BCUT2D eigenvalue weighted by Crippen LogP contribution is -2.43. The van der Waals surface area contributed by atoms with Crippen molar-refractivity contribution in [2.24, 2.45) is 4.99 Å². The predicted octanol–water partition coefficient (Wildman–Crippen LogP) is 7.76. The second kappa shape index (κ2) is 15.2. The zero-order chi connectivity index (χ0) is 35.7. The van der Waals surface area contributed by atoms with Crippen molar-refractivity contribution in [2.45, 2.75) is 33.4 Å². The topological polar surface area (TPSA) is 82.4 Å². The van der Waals surface area contributed by atoms with E-state index in [1.165, 1.54) is 11.3 Å². The summed E-state index contributed by atoms with van der Waals surface area (Å²) in [6.07, 6.45) is 1.82. The number of hydrogen-bond donors (Lipinski definition) is 0. The number of carbonyl (C=O) groups is 1. The van der Waals surface area contributed by atoms with Crippen LogP contribution in [0.5, 0.6) is 17.2 Å². The van der Waals surface area contributed by atoms with E-state index in [-0.39, 0.29) is 18.1 Å². The summed E-state index contributed by atoms with van der Waals surface area (Å²) in [5.41, 5.74) is 3.00. The third-order valence-electron chi connectivity index (χ3n) is 8.66. The molecule has 8 nitrogen and oxygen atoms in total. The van der Waals surface area contributed by atoms with Crippen LogP contribution in [0.1, 0.15) is 43.5 Å². The Labute approximate surface area is 317 Å². The molecule has 0 fully saturated rings. The maximum absolute atomic E-state index is 14.6. The van der Waals surface area contributed by atoms with Gasteiger partial charge in [-0.3, -0.25) is 14.2 Å². The molecule has 0 spiro atoms. The first-order chi connectivity index (χ1) is 24.1. The number of likely N-dealkylation sites (N-methyl/N-ethyl adjacent to an activating group) is 1. The van der Waals surface area contributed by atoms with Crippen molar-refractivity contribution in [1.82, 2.24) is 9.47 Å². The van der Waals surface area contributed by atoms with Crippen LogP contribution in [0.15, 0.2) is 87.8 Å². The van der Waals surface area contributed by atoms with Gasteiger partial charge in [0.25, 0.3) is 11.5 Å². The maximum Gasteiger partial charge on any atom is 0.271 e. The van der Waals surface area contributed by atoms with E-state index in [1.807, 2.05) is 81.4 Å². The summed E-state index contributed by atoms with van der Waals surface area (Å²) in [4.78, 5) is 35.9. The van der Waals surface area contributed by atoms with E-state index in [9.17, 15) is 9.59 Å². The Morgan fingerprint density at radius 3 is 2.46 bits per heavy atom. The maximum atomic E-state index is 14.6. The fraction of sp³-hybridized carbons (Fsp3) is 0.237. The Morgan fingerprint density at radius 1 is 1.02 bits per heavy atom. The van der Waals surface area contributed by atoms with Crippen molar-refractivity contribution in [1.29, 1.82) is 0 Å². The van der Waals surface area contributed by atoms with Crippen molar-refractivity contribution in [3.8, 4) is 17.2 Å². The van der Waals surface area contributed by atoms with Crippen LogP contribution in [0.25, 0.3) is 16.8 Å². The van der Waals surface area contributed by atoms with E-state index in [4.69, 9.17) is 42.4 Å². The van der Waals surface area contributed by atoms with E-state index in [2.05, 4.69) is 22.6 Å². The molecule has 1 aliphatic heterocycles. The molecule has 0 aliphatic carbocycles. The summed E-state index contributed by atoms with van der Waals surface area (Å²) < 4.78 is 20.7. The second-order valence-electron chi connectivity index (χ2n) is 11.5. The van der Waals surface area contributed by atoms with Crippen LogP contribution in [-0.2, 0) is 11.4 Å². The molecule has 50 heavy (non-hydrogen) atoms. The molecule has 2 heterocycles. The highest BCUT2D eigenvalue weighted by Crippen LogP contribution is 2.41. The Balaban J connectivity index is 1.50. The molecule has 6 rings (SSSR count). The van der Waals surface area contributed by atoms with Crippen LogP contribution in [0.4, 0.5) is 0 Å². The molecule has 0 saturated heterocycles. The van der Waals surface area contributed by atoms with Gasteiger partial charge in [-0.1, -0.05) is 70.9 Å². The lowest BCUT2D eigenvalue weighted by molar-refractivity contribution is -0.127. The van der Waals surface area contributed by atoms with Crippen molar-refractivity contribution in [3.05, 3.63) is 128 Å². The van der Waals surface area contributed by atoms with E-state index in [0.29, 0.717) is 61.0 Å². The standard InChI is InChI=1S/C38H34Cl2IN3O5S/c1-6-43(7-2)37(46)32-21(3)42-38-44(34(32)33-26-11-9-8-10-23(26)13-15-29(33)47-4)36(45)31(50-38)18-22-16-28(41)35(30(17-22)48-5)49-20-24-12-14-25(39)19-27(24)40/h8-19,34H,6-7,20H2,1-5H3/b31-18+/t34-/m0/s1. The van der Waals surface area contributed by atoms with Gasteiger partial charge in [-0.2, -0.15) is 0 Å². The van der Waals surface area contributed by atoms with E-state index >= 15 is 0 Å². The number of amides is 1. The lowest BCUT2D eigenvalue weighted by atomic mass is 9.90. The molecule has 5 aromatic rings. The summed E-state index contributed by atoms with van der Waals surface area (Å²) >= 11 is 15.9. The number of carbonyl (C=O) groups excluding carboxylic acids is 1. The summed E-state index contributed by atoms with van der Waals surface area (Å²) in [6, 6.07) is 20.0. The highest BCUT2D eigenvalue weighted by molar-refractivity contribution is 14.1. The van der Waals surface area contributed by atoms with Gasteiger partial charge in [0.05, 0.1) is 33.6 Å². The molecule has 1 aromatic heterocycles. The SMILES string of the molecule is CCN(CC)C(=O)C1=C(C)N=c2s/c(=C/c3cc(I)c(OCc4ccc(Cl)cc4Cl)c(OC)c3)c(=O)n2[C@@H]1c1c(OC)ccc2ccccc12. The average Bonchev–Trinajstić information content (AvgIpc) is 3.41.